The Morgan fingerprint density at radius 2 is 1.90 bits per heavy atom. The molecular weight excluding hydrogens is 390 g/mol. The van der Waals surface area contributed by atoms with Crippen LogP contribution in [0.25, 0.3) is 0 Å². The van der Waals surface area contributed by atoms with E-state index in [9.17, 15) is 0 Å². The van der Waals surface area contributed by atoms with Crippen LogP contribution in [0.3, 0.4) is 0 Å². The van der Waals surface area contributed by atoms with Crippen molar-refractivity contribution >= 4 is 23.0 Å². The summed E-state index contributed by atoms with van der Waals surface area (Å²) in [5.41, 5.74) is 2.64. The van der Waals surface area contributed by atoms with Gasteiger partial charge in [0.15, 0.2) is 5.96 Å². The average molecular weight is 426 g/mol. The lowest BCUT2D eigenvalue weighted by Crippen LogP contribution is -2.47. The van der Waals surface area contributed by atoms with E-state index in [2.05, 4.69) is 74.1 Å². The summed E-state index contributed by atoms with van der Waals surface area (Å²) in [4.78, 5) is 11.0. The number of nitrogens with one attached hydrogen (secondary N) is 2. The zero-order valence-electron chi connectivity index (χ0n) is 18.3. The number of rotatable bonds is 6. The van der Waals surface area contributed by atoms with Gasteiger partial charge in [-0.25, -0.2) is 0 Å². The maximum atomic E-state index is 4.48. The molecule has 4 rings (SSSR count). The number of aliphatic imine (C=N–C) groups is 1. The summed E-state index contributed by atoms with van der Waals surface area (Å²) in [7, 11) is 1.88. The van der Waals surface area contributed by atoms with Crippen LogP contribution in [0.2, 0.25) is 0 Å². The molecule has 2 aromatic rings. The molecule has 1 aromatic heterocycles. The van der Waals surface area contributed by atoms with Gasteiger partial charge in [-0.1, -0.05) is 23.8 Å². The Labute approximate surface area is 185 Å². The molecule has 5 nitrogen and oxygen atoms in total. The van der Waals surface area contributed by atoms with Crippen LogP contribution in [0, 0.1) is 12.8 Å². The molecule has 2 aliphatic rings. The number of anilines is 1. The van der Waals surface area contributed by atoms with E-state index in [-0.39, 0.29) is 0 Å². The number of thiophene rings is 1. The second kappa shape index (κ2) is 10.3. The van der Waals surface area contributed by atoms with Gasteiger partial charge in [0.05, 0.1) is 0 Å². The maximum absolute atomic E-state index is 4.48. The minimum atomic E-state index is 0.449. The van der Waals surface area contributed by atoms with Crippen molar-refractivity contribution in [2.75, 3.05) is 44.7 Å². The lowest BCUT2D eigenvalue weighted by molar-refractivity contribution is 0.179. The highest BCUT2D eigenvalue weighted by Crippen LogP contribution is 2.22. The average Bonchev–Trinajstić information content (AvgIpc) is 3.45. The zero-order valence-corrected chi connectivity index (χ0v) is 19.1. The monoisotopic (exact) mass is 425 g/mol. The molecule has 2 aliphatic heterocycles. The highest BCUT2D eigenvalue weighted by atomic mass is 32.1. The molecule has 0 amide bonds. The van der Waals surface area contributed by atoms with Gasteiger partial charge in [0.25, 0.3) is 0 Å². The Balaban J connectivity index is 1.17. The number of guanidine groups is 1. The number of piperidine rings is 1. The van der Waals surface area contributed by atoms with Gasteiger partial charge in [0.2, 0.25) is 0 Å². The fourth-order valence-corrected chi connectivity index (χ4v) is 5.21. The van der Waals surface area contributed by atoms with Gasteiger partial charge in [-0.05, 0) is 68.8 Å². The second-order valence-electron chi connectivity index (χ2n) is 8.66. The van der Waals surface area contributed by atoms with E-state index in [1.54, 1.807) is 0 Å². The quantitative estimate of drug-likeness (QED) is 0.547. The standard InChI is InChI=1S/C24H35N5S/c1-19-5-7-22(8-6-19)29-14-11-21(17-29)27-24(25-2)26-16-20-9-12-28(13-10-20)18-23-4-3-15-30-23/h3-8,15,20-21H,9-14,16-18H2,1-2H3,(H2,25,26,27). The number of likely N-dealkylation sites (tertiary alicyclic amines) is 1. The van der Waals surface area contributed by atoms with Gasteiger partial charge in [0.1, 0.15) is 0 Å². The molecule has 1 aromatic carbocycles. The van der Waals surface area contributed by atoms with Gasteiger partial charge < -0.3 is 15.5 Å². The molecule has 0 radical (unpaired) electrons. The summed E-state index contributed by atoms with van der Waals surface area (Å²) in [5, 5.41) is 9.41. The normalized spacial score (nSPS) is 21.2. The van der Waals surface area contributed by atoms with Crippen molar-refractivity contribution in [3.05, 3.63) is 52.2 Å². The third kappa shape index (κ3) is 5.76. The molecule has 1 unspecified atom stereocenters. The number of hydrogen-bond acceptors (Lipinski definition) is 4. The summed E-state index contributed by atoms with van der Waals surface area (Å²) in [6.45, 7) is 8.79. The third-order valence-corrected chi connectivity index (χ3v) is 7.24. The van der Waals surface area contributed by atoms with Crippen LogP contribution in [0.4, 0.5) is 5.69 Å². The minimum absolute atomic E-state index is 0.449. The van der Waals surface area contributed by atoms with E-state index in [1.807, 2.05) is 18.4 Å². The van der Waals surface area contributed by atoms with Crippen molar-refractivity contribution in [2.24, 2.45) is 10.9 Å². The highest BCUT2D eigenvalue weighted by Gasteiger charge is 2.24. The predicted octanol–water partition coefficient (Wildman–Crippen LogP) is 3.71. The minimum Gasteiger partial charge on any atom is -0.369 e. The van der Waals surface area contributed by atoms with Crippen LogP contribution in [0.1, 0.15) is 29.7 Å². The first-order valence-electron chi connectivity index (χ1n) is 11.2. The van der Waals surface area contributed by atoms with Gasteiger partial charge in [0, 0.05) is 49.8 Å². The van der Waals surface area contributed by atoms with Crippen LogP contribution in [-0.4, -0.2) is 56.7 Å². The first-order chi connectivity index (χ1) is 14.7. The molecule has 30 heavy (non-hydrogen) atoms. The zero-order chi connectivity index (χ0) is 20.8. The molecule has 0 saturated carbocycles. The number of aryl methyl sites for hydroxylation is 1. The Morgan fingerprint density at radius 3 is 2.60 bits per heavy atom. The lowest BCUT2D eigenvalue weighted by Gasteiger charge is -2.32. The molecule has 0 aliphatic carbocycles. The Bertz CT molecular complexity index is 794. The van der Waals surface area contributed by atoms with Crippen LogP contribution in [0.5, 0.6) is 0 Å². The van der Waals surface area contributed by atoms with Crippen LogP contribution >= 0.6 is 11.3 Å². The van der Waals surface area contributed by atoms with Crippen LogP contribution in [0.15, 0.2) is 46.8 Å². The van der Waals surface area contributed by atoms with E-state index in [4.69, 9.17) is 0 Å². The van der Waals surface area contributed by atoms with Gasteiger partial charge in [-0.15, -0.1) is 11.3 Å². The molecule has 2 fully saturated rings. The molecule has 0 spiro atoms. The van der Waals surface area contributed by atoms with Crippen molar-refractivity contribution < 1.29 is 0 Å². The summed E-state index contributed by atoms with van der Waals surface area (Å²) >= 11 is 1.87. The molecular formula is C24H35N5S. The van der Waals surface area contributed by atoms with Crippen LogP contribution in [-0.2, 0) is 6.54 Å². The smallest absolute Gasteiger partial charge is 0.191 e. The molecule has 0 bridgehead atoms. The number of benzene rings is 1. The SMILES string of the molecule is CN=C(NCC1CCN(Cc2cccs2)CC1)NC1CCN(c2ccc(C)cc2)C1. The predicted molar refractivity (Wildman–Crippen MR) is 129 cm³/mol. The number of nitrogens with zero attached hydrogens (tertiary/aromatic N) is 3. The summed E-state index contributed by atoms with van der Waals surface area (Å²) in [6.07, 6.45) is 3.68. The molecule has 162 valence electrons. The van der Waals surface area contributed by atoms with Crippen molar-refractivity contribution in [1.82, 2.24) is 15.5 Å². The fraction of sp³-hybridized carbons (Fsp3) is 0.542. The fourth-order valence-electron chi connectivity index (χ4n) is 4.47. The molecule has 3 heterocycles. The van der Waals surface area contributed by atoms with Gasteiger partial charge in [-0.2, -0.15) is 0 Å². The summed E-state index contributed by atoms with van der Waals surface area (Å²) in [6, 6.07) is 13.7. The third-order valence-electron chi connectivity index (χ3n) is 6.38. The Morgan fingerprint density at radius 1 is 1.10 bits per heavy atom. The molecule has 1 atom stereocenters. The Kier molecular flexibility index (Phi) is 7.28. The second-order valence-corrected chi connectivity index (χ2v) is 9.70. The number of hydrogen-bond donors (Lipinski definition) is 2. The van der Waals surface area contributed by atoms with E-state index in [0.29, 0.717) is 6.04 Å². The van der Waals surface area contributed by atoms with Crippen molar-refractivity contribution in [1.29, 1.82) is 0 Å². The van der Waals surface area contributed by atoms with E-state index in [0.717, 1.165) is 44.5 Å². The Hall–Kier alpha value is -2.05. The first-order valence-corrected chi connectivity index (χ1v) is 12.1. The summed E-state index contributed by atoms with van der Waals surface area (Å²) < 4.78 is 0. The summed E-state index contributed by atoms with van der Waals surface area (Å²) in [5.74, 6) is 1.68. The first kappa shape index (κ1) is 21.2. The molecule has 2 N–H and O–H groups in total. The highest BCUT2D eigenvalue weighted by molar-refractivity contribution is 7.09. The van der Waals surface area contributed by atoms with Gasteiger partial charge >= 0.3 is 0 Å². The van der Waals surface area contributed by atoms with Crippen molar-refractivity contribution in [3.8, 4) is 0 Å². The van der Waals surface area contributed by atoms with E-state index in [1.165, 1.54) is 42.1 Å². The maximum Gasteiger partial charge on any atom is 0.191 e. The van der Waals surface area contributed by atoms with E-state index < -0.39 is 0 Å². The van der Waals surface area contributed by atoms with Crippen molar-refractivity contribution in [2.45, 2.75) is 38.8 Å². The van der Waals surface area contributed by atoms with Crippen LogP contribution < -0.4 is 15.5 Å². The van der Waals surface area contributed by atoms with E-state index >= 15 is 0 Å². The molecule has 6 heteroatoms. The van der Waals surface area contributed by atoms with Crippen molar-refractivity contribution in [3.63, 3.8) is 0 Å². The topological polar surface area (TPSA) is 42.9 Å². The largest absolute Gasteiger partial charge is 0.369 e. The molecule has 2 saturated heterocycles. The lowest BCUT2D eigenvalue weighted by atomic mass is 9.97. The van der Waals surface area contributed by atoms with Gasteiger partial charge in [-0.3, -0.25) is 9.89 Å².